The molecule has 2 N–H and O–H groups in total. The van der Waals surface area contributed by atoms with Crippen LogP contribution >= 0.6 is 23.2 Å². The number of rotatable bonds is 6. The van der Waals surface area contributed by atoms with E-state index in [1.54, 1.807) is 30.5 Å². The summed E-state index contributed by atoms with van der Waals surface area (Å²) in [5.74, 6) is 0.719. The molecule has 3 aromatic carbocycles. The Bertz CT molecular complexity index is 1530. The van der Waals surface area contributed by atoms with Gasteiger partial charge in [-0.15, -0.1) is 0 Å². The van der Waals surface area contributed by atoms with Gasteiger partial charge in [0.15, 0.2) is 11.5 Å². The fraction of sp³-hybridized carbons (Fsp3) is 0.0741. The first-order valence-electron chi connectivity index (χ1n) is 11.2. The lowest BCUT2D eigenvalue weighted by Gasteiger charge is -2.20. The number of anilines is 3. The Morgan fingerprint density at radius 3 is 2.56 bits per heavy atom. The van der Waals surface area contributed by atoms with Crippen molar-refractivity contribution in [1.29, 1.82) is 0 Å². The van der Waals surface area contributed by atoms with Gasteiger partial charge in [0, 0.05) is 59.2 Å². The molecule has 0 bridgehead atoms. The summed E-state index contributed by atoms with van der Waals surface area (Å²) in [5.41, 5.74) is 4.61. The second-order valence-corrected chi connectivity index (χ2v) is 9.07. The lowest BCUT2D eigenvalue weighted by atomic mass is 10.1. The zero-order chi connectivity index (χ0) is 25.1. The average Bonchev–Trinajstić information content (AvgIpc) is 3.35. The minimum Gasteiger partial charge on any atom is -0.352 e. The Balaban J connectivity index is 1.40. The van der Waals surface area contributed by atoms with Crippen molar-refractivity contribution in [2.45, 2.75) is 6.54 Å². The fourth-order valence-corrected chi connectivity index (χ4v) is 4.17. The van der Waals surface area contributed by atoms with E-state index in [4.69, 9.17) is 28.2 Å². The lowest BCUT2D eigenvalue weighted by molar-refractivity contribution is 0.262. The van der Waals surface area contributed by atoms with E-state index in [1.165, 1.54) is 0 Å². The molecule has 36 heavy (non-hydrogen) atoms. The molecule has 9 heteroatoms. The van der Waals surface area contributed by atoms with Crippen molar-refractivity contribution in [2.75, 3.05) is 22.6 Å². The van der Waals surface area contributed by atoms with Crippen LogP contribution in [0.25, 0.3) is 16.9 Å². The normalized spacial score (nSPS) is 10.9. The highest BCUT2D eigenvalue weighted by Crippen LogP contribution is 2.27. The first-order valence-corrected chi connectivity index (χ1v) is 11.9. The third kappa shape index (κ3) is 5.27. The predicted molar refractivity (Wildman–Crippen MR) is 146 cm³/mol. The van der Waals surface area contributed by atoms with Crippen molar-refractivity contribution >= 4 is 52.1 Å². The molecule has 0 atom stereocenters. The van der Waals surface area contributed by atoms with Crippen LogP contribution in [0.4, 0.5) is 22.0 Å². The SMILES string of the molecule is CN(Cc1ccccc1Cl)c1nc(-c2cccc(NC(=O)Nc3ccc(Cl)cc3)c2)cn2ccnc12. The summed E-state index contributed by atoms with van der Waals surface area (Å²) in [4.78, 5) is 23.9. The van der Waals surface area contributed by atoms with E-state index in [0.29, 0.717) is 28.0 Å². The van der Waals surface area contributed by atoms with Crippen molar-refractivity contribution in [3.63, 3.8) is 0 Å². The number of benzene rings is 3. The maximum Gasteiger partial charge on any atom is 0.323 e. The van der Waals surface area contributed by atoms with Crippen LogP contribution in [0.5, 0.6) is 0 Å². The van der Waals surface area contributed by atoms with Crippen molar-refractivity contribution in [2.24, 2.45) is 0 Å². The number of halogens is 2. The molecule has 180 valence electrons. The van der Waals surface area contributed by atoms with Crippen LogP contribution in [0, 0.1) is 0 Å². The van der Waals surface area contributed by atoms with E-state index in [-0.39, 0.29) is 6.03 Å². The smallest absolute Gasteiger partial charge is 0.323 e. The number of amides is 2. The number of hydrogen-bond acceptors (Lipinski definition) is 4. The standard InChI is InChI=1S/C27H22Cl2N6O/c1-34(16-19-5-2-3-8-23(19)29)26-25-30-13-14-35(25)17-24(33-26)18-6-4-7-22(15-18)32-27(36)31-21-11-9-20(28)10-12-21/h2-15,17H,16H2,1H3,(H2,31,32,36). The minimum absolute atomic E-state index is 0.354. The lowest BCUT2D eigenvalue weighted by Crippen LogP contribution is -2.20. The fourth-order valence-electron chi connectivity index (χ4n) is 3.85. The van der Waals surface area contributed by atoms with Crippen LogP contribution in [0.2, 0.25) is 10.0 Å². The third-order valence-electron chi connectivity index (χ3n) is 5.60. The van der Waals surface area contributed by atoms with Gasteiger partial charge in [-0.25, -0.2) is 14.8 Å². The molecule has 0 aliphatic rings. The molecule has 5 rings (SSSR count). The number of aromatic nitrogens is 3. The summed E-state index contributed by atoms with van der Waals surface area (Å²) >= 11 is 12.3. The number of imidazole rings is 1. The molecule has 0 saturated carbocycles. The number of urea groups is 1. The van der Waals surface area contributed by atoms with Gasteiger partial charge in [0.05, 0.1) is 5.69 Å². The zero-order valence-corrected chi connectivity index (χ0v) is 20.8. The Morgan fingerprint density at radius 2 is 1.75 bits per heavy atom. The van der Waals surface area contributed by atoms with Crippen LogP contribution in [-0.4, -0.2) is 27.4 Å². The minimum atomic E-state index is -0.354. The molecular weight excluding hydrogens is 495 g/mol. The Labute approximate surface area is 218 Å². The predicted octanol–water partition coefficient (Wildman–Crippen LogP) is 6.98. The Kier molecular flexibility index (Phi) is 6.75. The highest BCUT2D eigenvalue weighted by molar-refractivity contribution is 6.31. The maximum absolute atomic E-state index is 12.5. The quantitative estimate of drug-likeness (QED) is 0.255. The summed E-state index contributed by atoms with van der Waals surface area (Å²) < 4.78 is 1.94. The van der Waals surface area contributed by atoms with Crippen LogP contribution < -0.4 is 15.5 Å². The average molecular weight is 517 g/mol. The molecule has 0 fully saturated rings. The topological polar surface area (TPSA) is 74.6 Å². The van der Waals surface area contributed by atoms with Gasteiger partial charge >= 0.3 is 6.03 Å². The summed E-state index contributed by atoms with van der Waals surface area (Å²) in [5, 5.41) is 6.97. The van der Waals surface area contributed by atoms with Crippen LogP contribution in [0.1, 0.15) is 5.56 Å². The van der Waals surface area contributed by atoms with Gasteiger partial charge in [0.2, 0.25) is 0 Å². The number of carbonyl (C=O) groups is 1. The number of carbonyl (C=O) groups excluding carboxylic acids is 1. The van der Waals surface area contributed by atoms with Crippen LogP contribution in [0.3, 0.4) is 0 Å². The highest BCUT2D eigenvalue weighted by Gasteiger charge is 2.15. The van der Waals surface area contributed by atoms with E-state index in [9.17, 15) is 4.79 Å². The van der Waals surface area contributed by atoms with Gasteiger partial charge in [-0.05, 0) is 48.0 Å². The van der Waals surface area contributed by atoms with Gasteiger partial charge in [-0.1, -0.05) is 53.5 Å². The number of fused-ring (bicyclic) bond motifs is 1. The van der Waals surface area contributed by atoms with Crippen molar-refractivity contribution in [3.05, 3.63) is 107 Å². The van der Waals surface area contributed by atoms with E-state index in [0.717, 1.165) is 28.3 Å². The van der Waals surface area contributed by atoms with Crippen LogP contribution in [0.15, 0.2) is 91.4 Å². The van der Waals surface area contributed by atoms with Crippen molar-refractivity contribution in [3.8, 4) is 11.3 Å². The zero-order valence-electron chi connectivity index (χ0n) is 19.3. The number of nitrogens with one attached hydrogen (secondary N) is 2. The largest absolute Gasteiger partial charge is 0.352 e. The molecule has 0 saturated heterocycles. The molecule has 2 amide bonds. The summed E-state index contributed by atoms with van der Waals surface area (Å²) in [6, 6.07) is 21.8. The van der Waals surface area contributed by atoms with Crippen molar-refractivity contribution in [1.82, 2.24) is 14.4 Å². The molecule has 7 nitrogen and oxygen atoms in total. The van der Waals surface area contributed by atoms with Gasteiger partial charge in [-0.2, -0.15) is 0 Å². The second-order valence-electron chi connectivity index (χ2n) is 8.22. The van der Waals surface area contributed by atoms with Gasteiger partial charge in [-0.3, -0.25) is 0 Å². The van der Waals surface area contributed by atoms with E-state index in [1.807, 2.05) is 77.3 Å². The molecule has 0 aliphatic heterocycles. The first-order chi connectivity index (χ1) is 17.5. The van der Waals surface area contributed by atoms with E-state index >= 15 is 0 Å². The first kappa shape index (κ1) is 23.7. The van der Waals surface area contributed by atoms with E-state index in [2.05, 4.69) is 15.6 Å². The molecule has 0 unspecified atom stereocenters. The molecule has 2 heterocycles. The Morgan fingerprint density at radius 1 is 0.972 bits per heavy atom. The number of nitrogens with zero attached hydrogens (tertiary/aromatic N) is 4. The van der Waals surface area contributed by atoms with Gasteiger partial charge in [0.1, 0.15) is 0 Å². The monoisotopic (exact) mass is 516 g/mol. The maximum atomic E-state index is 12.5. The summed E-state index contributed by atoms with van der Waals surface area (Å²) in [6.07, 6.45) is 5.55. The summed E-state index contributed by atoms with van der Waals surface area (Å²) in [6.45, 7) is 0.575. The molecule has 0 spiro atoms. The molecule has 0 aliphatic carbocycles. The molecular formula is C27H22Cl2N6O. The van der Waals surface area contributed by atoms with Gasteiger partial charge in [0.25, 0.3) is 0 Å². The highest BCUT2D eigenvalue weighted by atomic mass is 35.5. The second kappa shape index (κ2) is 10.3. The van der Waals surface area contributed by atoms with Crippen molar-refractivity contribution < 1.29 is 4.79 Å². The van der Waals surface area contributed by atoms with Gasteiger partial charge < -0.3 is 19.9 Å². The van der Waals surface area contributed by atoms with Crippen LogP contribution in [-0.2, 0) is 6.54 Å². The number of hydrogen-bond donors (Lipinski definition) is 2. The third-order valence-corrected chi connectivity index (χ3v) is 6.22. The molecule has 2 aromatic heterocycles. The molecule has 5 aromatic rings. The summed E-state index contributed by atoms with van der Waals surface area (Å²) in [7, 11) is 1.96. The van der Waals surface area contributed by atoms with E-state index < -0.39 is 0 Å². The Hall–Kier alpha value is -4.07. The molecule has 0 radical (unpaired) electrons.